The Kier molecular flexibility index (Phi) is 5.91. The number of hydrogen-bond donors (Lipinski definition) is 2. The van der Waals surface area contributed by atoms with Crippen LogP contribution in [-0.4, -0.2) is 62.1 Å². The van der Waals surface area contributed by atoms with Gasteiger partial charge in [0.25, 0.3) is 0 Å². The van der Waals surface area contributed by atoms with Crippen LogP contribution in [0.25, 0.3) is 33.2 Å². The van der Waals surface area contributed by atoms with E-state index >= 15 is 0 Å². The molecule has 1 spiro atoms. The van der Waals surface area contributed by atoms with Gasteiger partial charge in [-0.15, -0.1) is 0 Å². The number of pyridine rings is 2. The number of benzene rings is 1. The number of nitrogens with one attached hydrogen (secondary N) is 2. The zero-order valence-electron chi connectivity index (χ0n) is 22.7. The van der Waals surface area contributed by atoms with E-state index in [9.17, 15) is 13.6 Å². The van der Waals surface area contributed by atoms with Gasteiger partial charge in [-0.1, -0.05) is 0 Å². The van der Waals surface area contributed by atoms with E-state index in [1.165, 1.54) is 0 Å². The predicted octanol–water partition coefficient (Wildman–Crippen LogP) is 5.37. The number of H-pyrrole nitrogens is 2. The molecule has 2 fully saturated rings. The van der Waals surface area contributed by atoms with Crippen molar-refractivity contribution in [2.24, 2.45) is 5.41 Å². The molecule has 1 amide bonds. The molecule has 0 unspecified atom stereocenters. The molecule has 1 aromatic carbocycles. The van der Waals surface area contributed by atoms with Crippen LogP contribution in [0.5, 0.6) is 5.75 Å². The number of likely N-dealkylation sites (tertiary alicyclic amines) is 1. The molecule has 2 aliphatic rings. The molecule has 5 aromatic rings. The van der Waals surface area contributed by atoms with Crippen LogP contribution >= 0.6 is 0 Å². The van der Waals surface area contributed by atoms with Gasteiger partial charge in [0.1, 0.15) is 34.8 Å². The van der Waals surface area contributed by atoms with E-state index in [4.69, 9.17) is 9.72 Å². The van der Waals surface area contributed by atoms with Gasteiger partial charge < -0.3 is 19.5 Å². The fraction of sp³-hybridized carbons (Fsp3) is 0.333. The average Bonchev–Trinajstić information content (AvgIpc) is 3.55. The lowest BCUT2D eigenvalue weighted by molar-refractivity contribution is -0.131. The van der Waals surface area contributed by atoms with Crippen molar-refractivity contribution in [1.82, 2.24) is 30.0 Å². The number of piperidine rings is 1. The number of carbonyl (C=O) groups excluding carboxylic acids is 1. The summed E-state index contributed by atoms with van der Waals surface area (Å²) in [7, 11) is 0. The minimum Gasteiger partial charge on any atom is -0.486 e. The molecule has 1 atom stereocenters. The van der Waals surface area contributed by atoms with E-state index in [1.807, 2.05) is 35.4 Å². The summed E-state index contributed by atoms with van der Waals surface area (Å²) in [6.45, 7) is 6.88. The average molecular weight is 558 g/mol. The normalized spacial score (nSPS) is 17.3. The summed E-state index contributed by atoms with van der Waals surface area (Å²) in [5.74, 6) is 0.374. The van der Waals surface area contributed by atoms with Crippen LogP contribution < -0.4 is 9.64 Å². The largest absolute Gasteiger partial charge is 0.486 e. The molecule has 2 saturated heterocycles. The van der Waals surface area contributed by atoms with Crippen LogP contribution in [0, 0.1) is 17.0 Å². The van der Waals surface area contributed by atoms with Crippen LogP contribution in [0.3, 0.4) is 0 Å². The third-order valence-corrected chi connectivity index (χ3v) is 8.57. The summed E-state index contributed by atoms with van der Waals surface area (Å²) in [4.78, 5) is 27.2. The number of fused-ring (bicyclic) bond motifs is 2. The molecule has 4 aromatic heterocycles. The van der Waals surface area contributed by atoms with Gasteiger partial charge in [-0.25, -0.2) is 18.7 Å². The Labute approximate surface area is 234 Å². The topological polar surface area (TPSA) is 103 Å². The molecule has 0 bridgehead atoms. The van der Waals surface area contributed by atoms with Crippen LogP contribution in [0.4, 0.5) is 14.6 Å². The Morgan fingerprint density at radius 3 is 2.61 bits per heavy atom. The molecular weight excluding hydrogens is 528 g/mol. The quantitative estimate of drug-likeness (QED) is 0.301. The number of ether oxygens (including phenoxy) is 1. The summed E-state index contributed by atoms with van der Waals surface area (Å²) >= 11 is 0. The number of anilines is 1. The lowest BCUT2D eigenvalue weighted by atomic mass is 9.72. The number of nitrogens with zero attached hydrogens (tertiary/aromatic N) is 5. The fourth-order valence-electron chi connectivity index (χ4n) is 6.26. The maximum absolute atomic E-state index is 14.7. The van der Waals surface area contributed by atoms with Gasteiger partial charge in [-0.05, 0) is 50.1 Å². The van der Waals surface area contributed by atoms with E-state index in [0.717, 1.165) is 79.4 Å². The second-order valence-corrected chi connectivity index (χ2v) is 11.2. The molecule has 6 heterocycles. The Hall–Kier alpha value is -4.54. The van der Waals surface area contributed by atoms with Crippen molar-refractivity contribution in [1.29, 1.82) is 0 Å². The molecule has 0 saturated carbocycles. The first kappa shape index (κ1) is 25.4. The van der Waals surface area contributed by atoms with Gasteiger partial charge in [0, 0.05) is 67.4 Å². The van der Waals surface area contributed by atoms with Crippen LogP contribution in [0.1, 0.15) is 38.4 Å². The van der Waals surface area contributed by atoms with Crippen molar-refractivity contribution in [3.8, 4) is 17.0 Å². The third-order valence-electron chi connectivity index (χ3n) is 8.57. The molecule has 0 aliphatic carbocycles. The first-order valence-electron chi connectivity index (χ1n) is 13.7. The minimum absolute atomic E-state index is 0.0865. The van der Waals surface area contributed by atoms with Crippen molar-refractivity contribution in [3.05, 3.63) is 66.1 Å². The van der Waals surface area contributed by atoms with E-state index in [-0.39, 0.29) is 27.9 Å². The minimum atomic E-state index is -0.769. The number of carbonyl (C=O) groups is 1. The molecular formula is C30H29F2N7O2. The fourth-order valence-corrected chi connectivity index (χ4v) is 6.26. The SMILES string of the molecule is CC(=O)N1CCC2(CC1)CN(c1ccc(-c3n[nH]c4ccc(O[C@@H](C)c5c(F)cnc6[nH]cc(F)c56)cc34)cn1)C2. The van der Waals surface area contributed by atoms with E-state index in [1.54, 1.807) is 19.9 Å². The summed E-state index contributed by atoms with van der Waals surface area (Å²) in [6.07, 6.45) is 5.34. The molecule has 0 radical (unpaired) electrons. The van der Waals surface area contributed by atoms with Crippen LogP contribution in [-0.2, 0) is 4.79 Å². The standard InChI is InChI=1S/C30H29F2N7O2/c1-17(26-22(31)13-34-29-27(26)23(32)14-35-29)41-20-4-5-24-21(11-20)28(37-36-24)19-3-6-25(33-12-19)39-15-30(16-39)7-9-38(10-8-30)18(2)40/h3-6,11-14,17H,7-10,15-16H2,1-2H3,(H,34,35)(H,36,37)/t17-/m0/s1. The maximum atomic E-state index is 14.7. The number of rotatable bonds is 5. The first-order valence-corrected chi connectivity index (χ1v) is 13.7. The molecule has 2 aliphatic heterocycles. The van der Waals surface area contributed by atoms with Gasteiger partial charge in [-0.2, -0.15) is 5.10 Å². The zero-order chi connectivity index (χ0) is 28.3. The van der Waals surface area contributed by atoms with E-state index in [0.29, 0.717) is 5.75 Å². The number of hydrogen-bond acceptors (Lipinski definition) is 6. The molecule has 11 heteroatoms. The van der Waals surface area contributed by atoms with Gasteiger partial charge >= 0.3 is 0 Å². The highest BCUT2D eigenvalue weighted by Gasteiger charge is 2.45. The van der Waals surface area contributed by atoms with Crippen molar-refractivity contribution in [2.75, 3.05) is 31.1 Å². The zero-order valence-corrected chi connectivity index (χ0v) is 22.7. The van der Waals surface area contributed by atoms with E-state index < -0.39 is 17.7 Å². The van der Waals surface area contributed by atoms with E-state index in [2.05, 4.69) is 25.1 Å². The number of aromatic nitrogens is 5. The van der Waals surface area contributed by atoms with Crippen molar-refractivity contribution in [2.45, 2.75) is 32.8 Å². The highest BCUT2D eigenvalue weighted by atomic mass is 19.1. The predicted molar refractivity (Wildman–Crippen MR) is 151 cm³/mol. The second kappa shape index (κ2) is 9.53. The number of amides is 1. The van der Waals surface area contributed by atoms with Gasteiger partial charge in [0.15, 0.2) is 5.82 Å². The first-order chi connectivity index (χ1) is 19.8. The molecule has 7 rings (SSSR count). The summed E-state index contributed by atoms with van der Waals surface area (Å²) < 4.78 is 35.2. The molecule has 210 valence electrons. The third kappa shape index (κ3) is 4.36. The Bertz CT molecular complexity index is 1770. The van der Waals surface area contributed by atoms with Gasteiger partial charge in [0.05, 0.1) is 17.1 Å². The number of aromatic amines is 2. The van der Waals surface area contributed by atoms with Crippen molar-refractivity contribution < 1.29 is 18.3 Å². The summed E-state index contributed by atoms with van der Waals surface area (Å²) in [5, 5.41) is 8.48. The van der Waals surface area contributed by atoms with Gasteiger partial charge in [-0.3, -0.25) is 9.89 Å². The highest BCUT2D eigenvalue weighted by molar-refractivity contribution is 5.93. The molecule has 2 N–H and O–H groups in total. The van der Waals surface area contributed by atoms with Crippen LogP contribution in [0.15, 0.2) is 48.9 Å². The molecule has 41 heavy (non-hydrogen) atoms. The monoisotopic (exact) mass is 557 g/mol. The Morgan fingerprint density at radius 2 is 1.88 bits per heavy atom. The van der Waals surface area contributed by atoms with Gasteiger partial charge in [0.2, 0.25) is 5.91 Å². The van der Waals surface area contributed by atoms with Crippen LogP contribution in [0.2, 0.25) is 0 Å². The Morgan fingerprint density at radius 1 is 1.07 bits per heavy atom. The second-order valence-electron chi connectivity index (χ2n) is 11.2. The maximum Gasteiger partial charge on any atom is 0.219 e. The van der Waals surface area contributed by atoms with Crippen molar-refractivity contribution in [3.63, 3.8) is 0 Å². The van der Waals surface area contributed by atoms with Crippen molar-refractivity contribution >= 4 is 33.7 Å². The molecule has 9 nitrogen and oxygen atoms in total. The summed E-state index contributed by atoms with van der Waals surface area (Å²) in [6, 6.07) is 9.48. The smallest absolute Gasteiger partial charge is 0.219 e. The Balaban J connectivity index is 1.08. The number of halogens is 2. The lowest BCUT2D eigenvalue weighted by Gasteiger charge is -2.54. The lowest BCUT2D eigenvalue weighted by Crippen LogP contribution is -2.61. The summed E-state index contributed by atoms with van der Waals surface area (Å²) in [5.41, 5.74) is 3.05. The highest BCUT2D eigenvalue weighted by Crippen LogP contribution is 2.42.